The highest BCUT2D eigenvalue weighted by Gasteiger charge is 2.31. The van der Waals surface area contributed by atoms with E-state index < -0.39 is 39.0 Å². The van der Waals surface area contributed by atoms with Gasteiger partial charge in [0.05, 0.1) is 10.5 Å². The zero-order valence-corrected chi connectivity index (χ0v) is 17.1. The lowest BCUT2D eigenvalue weighted by Crippen LogP contribution is -2.46. The summed E-state index contributed by atoms with van der Waals surface area (Å²) in [6.07, 6.45) is -4.63. The lowest BCUT2D eigenvalue weighted by atomic mass is 9.96. The molecule has 0 aromatic heterocycles. The van der Waals surface area contributed by atoms with E-state index in [9.17, 15) is 31.2 Å². The molecule has 2 amide bonds. The van der Waals surface area contributed by atoms with Gasteiger partial charge in [-0.2, -0.15) is 13.2 Å². The molecule has 0 aliphatic heterocycles. The van der Waals surface area contributed by atoms with Crippen molar-refractivity contribution in [2.24, 2.45) is 5.41 Å². The molecule has 0 saturated carbocycles. The third-order valence-electron chi connectivity index (χ3n) is 3.82. The van der Waals surface area contributed by atoms with Crippen molar-refractivity contribution < 1.29 is 31.2 Å². The molecule has 0 saturated heterocycles. The van der Waals surface area contributed by atoms with Crippen LogP contribution in [0.5, 0.6) is 0 Å². The second kappa shape index (κ2) is 8.34. The molecule has 0 fully saturated rings. The van der Waals surface area contributed by atoms with Crippen molar-refractivity contribution in [1.29, 1.82) is 0 Å². The molecule has 3 N–H and O–H groups in total. The lowest BCUT2D eigenvalue weighted by molar-refractivity contribution is -0.137. The van der Waals surface area contributed by atoms with E-state index >= 15 is 0 Å². The third kappa shape index (κ3) is 5.96. The third-order valence-corrected chi connectivity index (χ3v) is 5.20. The number of hydrogen-bond donors (Lipinski definition) is 3. The molecule has 162 valence electrons. The van der Waals surface area contributed by atoms with Crippen molar-refractivity contribution in [3.63, 3.8) is 0 Å². The van der Waals surface area contributed by atoms with Crippen molar-refractivity contribution in [3.05, 3.63) is 59.7 Å². The van der Waals surface area contributed by atoms with Gasteiger partial charge >= 0.3 is 6.18 Å². The van der Waals surface area contributed by atoms with Crippen LogP contribution in [-0.4, -0.2) is 20.2 Å². The Morgan fingerprint density at radius 2 is 1.53 bits per heavy atom. The molecule has 0 atom stereocenters. The summed E-state index contributed by atoms with van der Waals surface area (Å²) in [4.78, 5) is 23.7. The Labute approximate surface area is 171 Å². The monoisotopic (exact) mass is 443 g/mol. The number of amides is 2. The van der Waals surface area contributed by atoms with Gasteiger partial charge in [0, 0.05) is 16.7 Å². The Bertz CT molecular complexity index is 1060. The van der Waals surface area contributed by atoms with Gasteiger partial charge in [-0.1, -0.05) is 32.9 Å². The molecule has 2 rings (SSSR count). The highest BCUT2D eigenvalue weighted by atomic mass is 32.2. The van der Waals surface area contributed by atoms with Crippen LogP contribution in [0.2, 0.25) is 0 Å². The number of sulfonamides is 1. The SMILES string of the molecule is CC(C)(C)C(=O)NNC(=O)c1cccc(S(=O)(=O)Nc2cccc(C(F)(F)F)c2)c1. The summed E-state index contributed by atoms with van der Waals surface area (Å²) in [5, 5.41) is 0. The van der Waals surface area contributed by atoms with E-state index in [-0.39, 0.29) is 16.1 Å². The number of nitrogens with one attached hydrogen (secondary N) is 3. The number of carbonyl (C=O) groups is 2. The molecule has 2 aromatic carbocycles. The van der Waals surface area contributed by atoms with Crippen LogP contribution in [0.1, 0.15) is 36.7 Å². The number of anilines is 1. The van der Waals surface area contributed by atoms with Crippen LogP contribution >= 0.6 is 0 Å². The van der Waals surface area contributed by atoms with Crippen molar-refractivity contribution in [1.82, 2.24) is 10.9 Å². The topological polar surface area (TPSA) is 104 Å². The van der Waals surface area contributed by atoms with Gasteiger partial charge in [-0.05, 0) is 36.4 Å². The molecule has 0 aliphatic carbocycles. The molecular formula is C19H20F3N3O4S. The standard InChI is InChI=1S/C19H20F3N3O4S/c1-18(2,3)17(27)24-23-16(26)12-6-4-9-15(10-12)30(28,29)25-14-8-5-7-13(11-14)19(20,21)22/h4-11,25H,1-3H3,(H,23,26)(H,24,27). The maximum absolute atomic E-state index is 12.8. The number of benzene rings is 2. The number of carbonyl (C=O) groups excluding carboxylic acids is 2. The van der Waals surface area contributed by atoms with Crippen molar-refractivity contribution in [2.45, 2.75) is 31.8 Å². The van der Waals surface area contributed by atoms with Gasteiger partial charge in [0.1, 0.15) is 0 Å². The van der Waals surface area contributed by atoms with Gasteiger partial charge in [0.15, 0.2) is 0 Å². The molecule has 11 heteroatoms. The summed E-state index contributed by atoms with van der Waals surface area (Å²) >= 11 is 0. The molecule has 0 aliphatic rings. The van der Waals surface area contributed by atoms with Gasteiger partial charge in [-0.15, -0.1) is 0 Å². The molecule has 0 unspecified atom stereocenters. The summed E-state index contributed by atoms with van der Waals surface area (Å²) in [5.74, 6) is -1.21. The number of hydrogen-bond acceptors (Lipinski definition) is 4. The summed E-state index contributed by atoms with van der Waals surface area (Å²) in [6.45, 7) is 4.92. The first-order chi connectivity index (χ1) is 13.7. The average Bonchev–Trinajstić information content (AvgIpc) is 2.64. The number of halogens is 3. The molecule has 7 nitrogen and oxygen atoms in total. The van der Waals surface area contributed by atoms with Crippen molar-refractivity contribution in [3.8, 4) is 0 Å². The van der Waals surface area contributed by atoms with Gasteiger partial charge in [-0.25, -0.2) is 8.42 Å². The zero-order valence-electron chi connectivity index (χ0n) is 16.3. The quantitative estimate of drug-likeness (QED) is 0.631. The van der Waals surface area contributed by atoms with Crippen LogP contribution in [0.3, 0.4) is 0 Å². The second-order valence-electron chi connectivity index (χ2n) is 7.37. The van der Waals surface area contributed by atoms with Crippen LogP contribution in [0.15, 0.2) is 53.4 Å². The fraction of sp³-hybridized carbons (Fsp3) is 0.263. The van der Waals surface area contributed by atoms with Crippen LogP contribution in [0.25, 0.3) is 0 Å². The Morgan fingerprint density at radius 3 is 2.13 bits per heavy atom. The number of rotatable bonds is 4. The predicted molar refractivity (Wildman–Crippen MR) is 104 cm³/mol. The van der Waals surface area contributed by atoms with Crippen LogP contribution in [0, 0.1) is 5.41 Å². The minimum absolute atomic E-state index is 0.0730. The normalized spacial score (nSPS) is 12.2. The highest BCUT2D eigenvalue weighted by Crippen LogP contribution is 2.31. The van der Waals surface area contributed by atoms with E-state index in [1.807, 2.05) is 0 Å². The zero-order chi connectivity index (χ0) is 22.7. The molecule has 0 radical (unpaired) electrons. The smallest absolute Gasteiger partial charge is 0.280 e. The summed E-state index contributed by atoms with van der Waals surface area (Å²) in [6, 6.07) is 8.55. The highest BCUT2D eigenvalue weighted by molar-refractivity contribution is 7.92. The molecule has 0 bridgehead atoms. The first-order valence-corrected chi connectivity index (χ1v) is 10.1. The van der Waals surface area contributed by atoms with Crippen LogP contribution in [-0.2, 0) is 21.0 Å². The largest absolute Gasteiger partial charge is 0.416 e. The Hall–Kier alpha value is -3.08. The molecule has 0 heterocycles. The van der Waals surface area contributed by atoms with E-state index in [0.29, 0.717) is 6.07 Å². The minimum Gasteiger partial charge on any atom is -0.280 e. The number of alkyl halides is 3. The predicted octanol–water partition coefficient (Wildman–Crippen LogP) is 3.31. The van der Waals surface area contributed by atoms with Gasteiger partial charge in [-0.3, -0.25) is 25.2 Å². The molecular weight excluding hydrogens is 423 g/mol. The van der Waals surface area contributed by atoms with E-state index in [2.05, 4.69) is 15.6 Å². The first-order valence-electron chi connectivity index (χ1n) is 8.61. The summed E-state index contributed by atoms with van der Waals surface area (Å²) in [7, 11) is -4.27. The van der Waals surface area contributed by atoms with Crippen LogP contribution < -0.4 is 15.6 Å². The molecule has 2 aromatic rings. The van der Waals surface area contributed by atoms with E-state index in [0.717, 1.165) is 18.2 Å². The fourth-order valence-electron chi connectivity index (χ4n) is 2.15. The van der Waals surface area contributed by atoms with Gasteiger partial charge in [0.25, 0.3) is 15.9 Å². The Kier molecular flexibility index (Phi) is 6.45. The lowest BCUT2D eigenvalue weighted by Gasteiger charge is -2.18. The number of hydrazine groups is 1. The Balaban J connectivity index is 2.20. The molecule has 30 heavy (non-hydrogen) atoms. The van der Waals surface area contributed by atoms with Crippen LogP contribution in [0.4, 0.5) is 18.9 Å². The van der Waals surface area contributed by atoms with Crippen molar-refractivity contribution in [2.75, 3.05) is 4.72 Å². The molecule has 0 spiro atoms. The van der Waals surface area contributed by atoms with E-state index in [1.54, 1.807) is 20.8 Å². The summed E-state index contributed by atoms with van der Waals surface area (Å²) in [5.41, 5.74) is 2.29. The first kappa shape index (κ1) is 23.2. The fourth-order valence-corrected chi connectivity index (χ4v) is 3.25. The minimum atomic E-state index is -4.63. The maximum Gasteiger partial charge on any atom is 0.416 e. The Morgan fingerprint density at radius 1 is 0.900 bits per heavy atom. The van der Waals surface area contributed by atoms with E-state index in [4.69, 9.17) is 0 Å². The van der Waals surface area contributed by atoms with Crippen molar-refractivity contribution >= 4 is 27.5 Å². The summed E-state index contributed by atoms with van der Waals surface area (Å²) < 4.78 is 65.6. The second-order valence-corrected chi connectivity index (χ2v) is 9.05. The van der Waals surface area contributed by atoms with Gasteiger partial charge < -0.3 is 0 Å². The van der Waals surface area contributed by atoms with E-state index in [1.165, 1.54) is 24.3 Å². The van der Waals surface area contributed by atoms with Gasteiger partial charge in [0.2, 0.25) is 5.91 Å². The maximum atomic E-state index is 12.8. The average molecular weight is 443 g/mol.